The van der Waals surface area contributed by atoms with E-state index in [0.29, 0.717) is 18.7 Å². The van der Waals surface area contributed by atoms with Crippen LogP contribution in [-0.4, -0.2) is 29.9 Å². The number of hydrogen-bond donors (Lipinski definition) is 1. The molecule has 1 aromatic heterocycles. The summed E-state index contributed by atoms with van der Waals surface area (Å²) >= 11 is 1.67. The number of carbonyl (C=O) groups is 2. The third kappa shape index (κ3) is 3.70. The van der Waals surface area contributed by atoms with Crippen LogP contribution in [0.5, 0.6) is 0 Å². The van der Waals surface area contributed by atoms with Crippen molar-refractivity contribution in [3.63, 3.8) is 0 Å². The van der Waals surface area contributed by atoms with Crippen LogP contribution >= 0.6 is 11.3 Å². The van der Waals surface area contributed by atoms with E-state index in [1.54, 1.807) is 16.2 Å². The van der Waals surface area contributed by atoms with Gasteiger partial charge >= 0.3 is 0 Å². The van der Waals surface area contributed by atoms with Gasteiger partial charge in [0.05, 0.1) is 10.7 Å². The number of nitrogens with zero attached hydrogens (tertiary/aromatic N) is 2. The van der Waals surface area contributed by atoms with Crippen LogP contribution < -0.4 is 10.2 Å². The standard InChI is InChI=1S/C20H23N3O2S/c1-4-19(24)23-12-6-8-15-16(7-5-9-17(15)23)20(25)21-11-10-18-13(2)22-14(3)26-18/h4-5,7,9H,1,6,8,10-12H2,2-3H3,(H,21,25). The lowest BCUT2D eigenvalue weighted by atomic mass is 9.95. The van der Waals surface area contributed by atoms with Crippen LogP contribution in [0.4, 0.5) is 5.69 Å². The molecular weight excluding hydrogens is 346 g/mol. The number of amides is 2. The molecule has 5 nitrogen and oxygen atoms in total. The first kappa shape index (κ1) is 18.3. The van der Waals surface area contributed by atoms with Crippen LogP contribution in [0.25, 0.3) is 0 Å². The Balaban J connectivity index is 1.73. The van der Waals surface area contributed by atoms with Crippen molar-refractivity contribution in [1.29, 1.82) is 0 Å². The molecule has 0 bridgehead atoms. The topological polar surface area (TPSA) is 62.3 Å². The van der Waals surface area contributed by atoms with Crippen LogP contribution in [0.15, 0.2) is 30.9 Å². The first-order valence-electron chi connectivity index (χ1n) is 8.78. The van der Waals surface area contributed by atoms with Gasteiger partial charge in [-0.15, -0.1) is 11.3 Å². The van der Waals surface area contributed by atoms with E-state index in [9.17, 15) is 9.59 Å². The molecule has 2 aromatic rings. The van der Waals surface area contributed by atoms with E-state index in [1.165, 1.54) is 11.0 Å². The molecular formula is C20H23N3O2S. The maximum Gasteiger partial charge on any atom is 0.251 e. The van der Waals surface area contributed by atoms with Crippen LogP contribution in [0.2, 0.25) is 0 Å². The van der Waals surface area contributed by atoms with Gasteiger partial charge in [-0.05, 0) is 50.5 Å². The normalized spacial score (nSPS) is 13.2. The Bertz CT molecular complexity index is 857. The zero-order valence-electron chi connectivity index (χ0n) is 15.2. The van der Waals surface area contributed by atoms with Gasteiger partial charge in [0.15, 0.2) is 0 Å². The number of nitrogens with one attached hydrogen (secondary N) is 1. The quantitative estimate of drug-likeness (QED) is 0.824. The summed E-state index contributed by atoms with van der Waals surface area (Å²) in [5, 5.41) is 4.06. The maximum atomic E-state index is 12.7. The lowest BCUT2D eigenvalue weighted by Gasteiger charge is -2.29. The van der Waals surface area contributed by atoms with Crippen molar-refractivity contribution in [2.45, 2.75) is 33.1 Å². The fraction of sp³-hybridized carbons (Fsp3) is 0.350. The number of benzene rings is 1. The van der Waals surface area contributed by atoms with E-state index in [4.69, 9.17) is 0 Å². The molecule has 0 saturated heterocycles. The van der Waals surface area contributed by atoms with Crippen LogP contribution in [0.3, 0.4) is 0 Å². The molecule has 1 aromatic carbocycles. The van der Waals surface area contributed by atoms with Gasteiger partial charge in [-0.1, -0.05) is 12.6 Å². The van der Waals surface area contributed by atoms with E-state index in [0.717, 1.165) is 41.2 Å². The largest absolute Gasteiger partial charge is 0.352 e. The van der Waals surface area contributed by atoms with Crippen molar-refractivity contribution in [2.24, 2.45) is 0 Å². The number of anilines is 1. The van der Waals surface area contributed by atoms with Crippen molar-refractivity contribution < 1.29 is 9.59 Å². The number of aromatic nitrogens is 1. The Morgan fingerprint density at radius 3 is 2.88 bits per heavy atom. The molecule has 136 valence electrons. The van der Waals surface area contributed by atoms with Gasteiger partial charge in [-0.3, -0.25) is 9.59 Å². The SMILES string of the molecule is C=CC(=O)N1CCCc2c(C(=O)NCCc3sc(C)nc3C)cccc21. The molecule has 6 heteroatoms. The van der Waals surface area contributed by atoms with Gasteiger partial charge in [0.2, 0.25) is 5.91 Å². The fourth-order valence-electron chi connectivity index (χ4n) is 3.37. The predicted molar refractivity (Wildman–Crippen MR) is 105 cm³/mol. The van der Waals surface area contributed by atoms with Gasteiger partial charge in [0.1, 0.15) is 0 Å². The minimum Gasteiger partial charge on any atom is -0.352 e. The van der Waals surface area contributed by atoms with Gasteiger partial charge in [0.25, 0.3) is 5.91 Å². The maximum absolute atomic E-state index is 12.7. The Kier molecular flexibility index (Phi) is 5.52. The first-order valence-corrected chi connectivity index (χ1v) is 9.60. The van der Waals surface area contributed by atoms with Crippen LogP contribution in [0.1, 0.15) is 37.9 Å². The number of carbonyl (C=O) groups excluding carboxylic acids is 2. The number of fused-ring (bicyclic) bond motifs is 1. The fourth-order valence-corrected chi connectivity index (χ4v) is 4.30. The van der Waals surface area contributed by atoms with Gasteiger partial charge in [0, 0.05) is 35.6 Å². The average Bonchev–Trinajstić information content (AvgIpc) is 2.97. The molecule has 0 unspecified atom stereocenters. The highest BCUT2D eigenvalue weighted by Gasteiger charge is 2.24. The van der Waals surface area contributed by atoms with E-state index in [-0.39, 0.29) is 11.8 Å². The summed E-state index contributed by atoms with van der Waals surface area (Å²) in [6.45, 7) is 8.79. The molecule has 0 atom stereocenters. The van der Waals surface area contributed by atoms with Crippen molar-refractivity contribution in [3.8, 4) is 0 Å². The Morgan fingerprint density at radius 2 is 2.19 bits per heavy atom. The van der Waals surface area contributed by atoms with Gasteiger partial charge in [-0.25, -0.2) is 4.98 Å². The lowest BCUT2D eigenvalue weighted by Crippen LogP contribution is -2.35. The van der Waals surface area contributed by atoms with E-state index in [2.05, 4.69) is 16.9 Å². The second-order valence-electron chi connectivity index (χ2n) is 6.35. The monoisotopic (exact) mass is 369 g/mol. The van der Waals surface area contributed by atoms with E-state index in [1.807, 2.05) is 32.0 Å². The molecule has 1 aliphatic rings. The molecule has 0 spiro atoms. The van der Waals surface area contributed by atoms with E-state index >= 15 is 0 Å². The molecule has 2 amide bonds. The Hall–Kier alpha value is -2.47. The van der Waals surface area contributed by atoms with E-state index < -0.39 is 0 Å². The zero-order chi connectivity index (χ0) is 18.7. The van der Waals surface area contributed by atoms with Crippen molar-refractivity contribution >= 4 is 28.8 Å². The smallest absolute Gasteiger partial charge is 0.251 e. The Morgan fingerprint density at radius 1 is 1.38 bits per heavy atom. The minimum absolute atomic E-state index is 0.0892. The first-order chi connectivity index (χ1) is 12.5. The highest BCUT2D eigenvalue weighted by atomic mass is 32.1. The molecule has 3 rings (SSSR count). The summed E-state index contributed by atoms with van der Waals surface area (Å²) in [5.74, 6) is -0.215. The summed E-state index contributed by atoms with van der Waals surface area (Å²) < 4.78 is 0. The van der Waals surface area contributed by atoms with Crippen molar-refractivity contribution in [3.05, 3.63) is 57.6 Å². The van der Waals surface area contributed by atoms with Crippen molar-refractivity contribution in [1.82, 2.24) is 10.3 Å². The molecule has 0 fully saturated rings. The third-order valence-corrected chi connectivity index (χ3v) is 5.71. The average molecular weight is 369 g/mol. The second kappa shape index (κ2) is 7.83. The van der Waals surface area contributed by atoms with Crippen LogP contribution in [0, 0.1) is 13.8 Å². The van der Waals surface area contributed by atoms with Gasteiger partial charge < -0.3 is 10.2 Å². The second-order valence-corrected chi connectivity index (χ2v) is 7.64. The number of aryl methyl sites for hydroxylation is 2. The molecule has 0 radical (unpaired) electrons. The zero-order valence-corrected chi connectivity index (χ0v) is 16.0. The highest BCUT2D eigenvalue weighted by Crippen LogP contribution is 2.30. The van der Waals surface area contributed by atoms with Crippen LogP contribution in [-0.2, 0) is 17.6 Å². The molecule has 2 heterocycles. The summed E-state index contributed by atoms with van der Waals surface area (Å²) in [6, 6.07) is 5.56. The number of rotatable bonds is 5. The highest BCUT2D eigenvalue weighted by molar-refractivity contribution is 7.11. The summed E-state index contributed by atoms with van der Waals surface area (Å²) in [6.07, 6.45) is 3.74. The Labute approximate surface area is 157 Å². The molecule has 1 N–H and O–H groups in total. The predicted octanol–water partition coefficient (Wildman–Crippen LogP) is 3.20. The lowest BCUT2D eigenvalue weighted by molar-refractivity contribution is -0.114. The molecule has 26 heavy (non-hydrogen) atoms. The van der Waals surface area contributed by atoms with Crippen molar-refractivity contribution in [2.75, 3.05) is 18.0 Å². The molecule has 1 aliphatic heterocycles. The summed E-state index contributed by atoms with van der Waals surface area (Å²) in [4.78, 5) is 32.1. The summed E-state index contributed by atoms with van der Waals surface area (Å²) in [7, 11) is 0. The van der Waals surface area contributed by atoms with Gasteiger partial charge in [-0.2, -0.15) is 0 Å². The minimum atomic E-state index is -0.125. The molecule has 0 aliphatic carbocycles. The molecule has 0 saturated carbocycles. The summed E-state index contributed by atoms with van der Waals surface area (Å²) in [5.41, 5.74) is 3.46. The third-order valence-electron chi connectivity index (χ3n) is 4.57. The number of thiazole rings is 1. The number of hydrogen-bond acceptors (Lipinski definition) is 4.